The zero-order valence-corrected chi connectivity index (χ0v) is 20.1. The lowest BCUT2D eigenvalue weighted by molar-refractivity contribution is 0.410. The van der Waals surface area contributed by atoms with Crippen LogP contribution in [-0.2, 0) is 19.3 Å². The van der Waals surface area contributed by atoms with Crippen molar-refractivity contribution in [1.82, 2.24) is 0 Å². The molecule has 1 aliphatic carbocycles. The molecule has 0 saturated carbocycles. The van der Waals surface area contributed by atoms with E-state index >= 15 is 0 Å². The monoisotopic (exact) mass is 423 g/mol. The Hall–Kier alpha value is -2.13. The number of ether oxygens (including phenoxy) is 1. The number of methoxy groups -OCH3 is 1. The fourth-order valence-electron chi connectivity index (χ4n) is 3.76. The minimum absolute atomic E-state index is 0.771. The molecule has 1 aliphatic rings. The summed E-state index contributed by atoms with van der Waals surface area (Å²) in [6, 6.07) is 10.9. The van der Waals surface area contributed by atoms with E-state index in [2.05, 4.69) is 43.2 Å². The summed E-state index contributed by atoms with van der Waals surface area (Å²) in [4.78, 5) is 1.10. The Bertz CT molecular complexity index is 898. The third kappa shape index (κ3) is 6.43. The minimum Gasteiger partial charge on any atom is -0.496 e. The van der Waals surface area contributed by atoms with Gasteiger partial charge in [-0.25, -0.2) is 0 Å². The molecule has 0 aromatic heterocycles. The molecular formula is C27H37NOS. The molecule has 0 unspecified atom stereocenters. The number of benzene rings is 2. The van der Waals surface area contributed by atoms with Gasteiger partial charge in [-0.15, -0.1) is 0 Å². The van der Waals surface area contributed by atoms with Gasteiger partial charge < -0.3 is 10.5 Å². The van der Waals surface area contributed by atoms with Crippen molar-refractivity contribution in [2.24, 2.45) is 0 Å². The van der Waals surface area contributed by atoms with Crippen LogP contribution in [0.2, 0.25) is 0 Å². The summed E-state index contributed by atoms with van der Waals surface area (Å²) in [5.74, 6) is 0.852. The molecule has 0 saturated heterocycles. The predicted octanol–water partition coefficient (Wildman–Crippen LogP) is 7.73. The highest BCUT2D eigenvalue weighted by Crippen LogP contribution is 2.32. The average molecular weight is 424 g/mol. The molecule has 2 aromatic carbocycles. The first kappa shape index (κ1) is 24.1. The lowest BCUT2D eigenvalue weighted by atomic mass is 10.00. The van der Waals surface area contributed by atoms with Gasteiger partial charge in [0.05, 0.1) is 7.11 Å². The molecule has 0 spiro atoms. The molecule has 30 heavy (non-hydrogen) atoms. The second kappa shape index (κ2) is 11.9. The first-order chi connectivity index (χ1) is 14.5. The highest BCUT2D eigenvalue weighted by Gasteiger charge is 2.10. The summed E-state index contributed by atoms with van der Waals surface area (Å²) in [7, 11) is 1.70. The quantitative estimate of drug-likeness (QED) is 0.381. The van der Waals surface area contributed by atoms with Crippen molar-refractivity contribution in [3.63, 3.8) is 0 Å². The maximum atomic E-state index is 6.01. The summed E-state index contributed by atoms with van der Waals surface area (Å²) in [6.07, 6.45) is 7.23. The Balaban J connectivity index is 0.00000155. The maximum Gasteiger partial charge on any atom is 0.124 e. The summed E-state index contributed by atoms with van der Waals surface area (Å²) in [6.45, 7) is 12.5. The Morgan fingerprint density at radius 2 is 1.80 bits per heavy atom. The number of rotatable bonds is 6. The molecule has 0 bridgehead atoms. The number of nitrogen functional groups attached to an aromatic ring is 1. The van der Waals surface area contributed by atoms with Crippen LogP contribution < -0.4 is 10.5 Å². The second-order valence-corrected chi connectivity index (χ2v) is 8.71. The van der Waals surface area contributed by atoms with Crippen LogP contribution in [0.15, 0.2) is 47.9 Å². The zero-order valence-electron chi connectivity index (χ0n) is 19.3. The third-order valence-corrected chi connectivity index (χ3v) is 6.50. The smallest absolute Gasteiger partial charge is 0.124 e. The van der Waals surface area contributed by atoms with Gasteiger partial charge in [0.15, 0.2) is 0 Å². The Kier molecular flexibility index (Phi) is 9.58. The third-order valence-electron chi connectivity index (χ3n) is 5.46. The highest BCUT2D eigenvalue weighted by atomic mass is 32.2. The lowest BCUT2D eigenvalue weighted by Gasteiger charge is -2.12. The topological polar surface area (TPSA) is 35.2 Å². The van der Waals surface area contributed by atoms with Gasteiger partial charge in [-0.1, -0.05) is 68.4 Å². The van der Waals surface area contributed by atoms with E-state index in [4.69, 9.17) is 10.5 Å². The normalized spacial score (nSPS) is 13.6. The van der Waals surface area contributed by atoms with Gasteiger partial charge in [-0.05, 0) is 79.2 Å². The largest absolute Gasteiger partial charge is 0.496 e. The summed E-state index contributed by atoms with van der Waals surface area (Å²) in [5, 5.41) is 2.21. The SMILES string of the molecule is C=C(S/C=C(\C)Cc1cc(C)c(N)cc1OC)c1ccc2c(c1)CCCCC2.CC. The number of hydrogen-bond donors (Lipinski definition) is 1. The first-order valence-corrected chi connectivity index (χ1v) is 11.9. The first-order valence-electron chi connectivity index (χ1n) is 11.0. The van der Waals surface area contributed by atoms with E-state index in [9.17, 15) is 0 Å². The summed E-state index contributed by atoms with van der Waals surface area (Å²) in [5.41, 5.74) is 14.6. The Morgan fingerprint density at radius 3 is 2.50 bits per heavy atom. The van der Waals surface area contributed by atoms with Crippen LogP contribution in [0.5, 0.6) is 5.75 Å². The second-order valence-electron chi connectivity index (χ2n) is 7.75. The van der Waals surface area contributed by atoms with Gasteiger partial charge in [-0.3, -0.25) is 0 Å². The van der Waals surface area contributed by atoms with Crippen molar-refractivity contribution in [1.29, 1.82) is 0 Å². The van der Waals surface area contributed by atoms with E-state index in [1.165, 1.54) is 59.9 Å². The van der Waals surface area contributed by atoms with Crippen LogP contribution >= 0.6 is 11.8 Å². The molecule has 3 heteroatoms. The molecule has 2 aromatic rings. The van der Waals surface area contributed by atoms with Gasteiger partial charge >= 0.3 is 0 Å². The summed E-state index contributed by atoms with van der Waals surface area (Å²) < 4.78 is 5.51. The molecule has 0 fully saturated rings. The maximum absolute atomic E-state index is 6.01. The highest BCUT2D eigenvalue weighted by molar-refractivity contribution is 8.10. The fraction of sp³-hybridized carbons (Fsp3) is 0.407. The number of hydrogen-bond acceptors (Lipinski definition) is 3. The van der Waals surface area contributed by atoms with E-state index in [0.717, 1.165) is 28.3 Å². The van der Waals surface area contributed by atoms with E-state index in [1.54, 1.807) is 18.9 Å². The minimum atomic E-state index is 0.771. The van der Waals surface area contributed by atoms with Crippen molar-refractivity contribution >= 4 is 22.4 Å². The molecule has 0 aliphatic heterocycles. The van der Waals surface area contributed by atoms with Crippen LogP contribution in [-0.4, -0.2) is 7.11 Å². The lowest BCUT2D eigenvalue weighted by Crippen LogP contribution is -1.98. The number of allylic oxidation sites excluding steroid dienone is 1. The van der Waals surface area contributed by atoms with E-state index < -0.39 is 0 Å². The predicted molar refractivity (Wildman–Crippen MR) is 135 cm³/mol. The van der Waals surface area contributed by atoms with Gasteiger partial charge in [0.1, 0.15) is 5.75 Å². The summed E-state index contributed by atoms with van der Waals surface area (Å²) >= 11 is 1.71. The fourth-order valence-corrected chi connectivity index (χ4v) is 4.45. The van der Waals surface area contributed by atoms with Gasteiger partial charge in [-0.2, -0.15) is 0 Å². The van der Waals surface area contributed by atoms with Gasteiger partial charge in [0, 0.05) is 16.7 Å². The van der Waals surface area contributed by atoms with Crippen LogP contribution in [0, 0.1) is 6.92 Å². The Morgan fingerprint density at radius 1 is 1.10 bits per heavy atom. The van der Waals surface area contributed by atoms with Crippen molar-refractivity contribution in [3.05, 3.63) is 75.7 Å². The molecule has 2 N–H and O–H groups in total. The Labute approximate surface area is 187 Å². The van der Waals surface area contributed by atoms with Crippen LogP contribution in [0.1, 0.15) is 67.9 Å². The molecule has 3 rings (SSSR count). The van der Waals surface area contributed by atoms with E-state index in [1.807, 2.05) is 26.8 Å². The van der Waals surface area contributed by atoms with Crippen molar-refractivity contribution in [3.8, 4) is 5.75 Å². The molecular weight excluding hydrogens is 386 g/mol. The van der Waals surface area contributed by atoms with Crippen molar-refractivity contribution < 1.29 is 4.74 Å². The molecule has 0 radical (unpaired) electrons. The number of aryl methyl sites for hydroxylation is 3. The molecule has 0 heterocycles. The number of nitrogens with two attached hydrogens (primary N) is 1. The molecule has 2 nitrogen and oxygen atoms in total. The number of thioether (sulfide) groups is 1. The molecule has 0 atom stereocenters. The van der Waals surface area contributed by atoms with Crippen LogP contribution in [0.25, 0.3) is 4.91 Å². The van der Waals surface area contributed by atoms with E-state index in [-0.39, 0.29) is 0 Å². The zero-order chi connectivity index (χ0) is 22.1. The van der Waals surface area contributed by atoms with Crippen LogP contribution in [0.4, 0.5) is 5.69 Å². The van der Waals surface area contributed by atoms with E-state index in [0.29, 0.717) is 0 Å². The number of anilines is 1. The molecule has 162 valence electrons. The molecule has 0 amide bonds. The van der Waals surface area contributed by atoms with Gasteiger partial charge in [0.25, 0.3) is 0 Å². The van der Waals surface area contributed by atoms with Crippen LogP contribution in [0.3, 0.4) is 0 Å². The van der Waals surface area contributed by atoms with Gasteiger partial charge in [0.2, 0.25) is 0 Å². The standard InChI is InChI=1S/C25H31NOS.C2H6/c1-17(12-23-13-18(2)24(26)15-25(23)27-4)16-28-19(3)21-11-10-20-8-6-5-7-9-22(20)14-21;1-2/h10-11,13-16H,3,5-9,12,26H2,1-2,4H3;1-2H3/b17-16+;. The van der Waals surface area contributed by atoms with Crippen molar-refractivity contribution in [2.75, 3.05) is 12.8 Å². The van der Waals surface area contributed by atoms with Crippen molar-refractivity contribution in [2.45, 2.75) is 66.2 Å². The number of fused-ring (bicyclic) bond motifs is 1. The average Bonchev–Trinajstić information content (AvgIpc) is 3.00.